The molecule has 0 radical (unpaired) electrons. The molecule has 2 amide bonds. The number of halogens is 1. The topological polar surface area (TPSA) is 49.4 Å². The second kappa shape index (κ2) is 11.6. The number of amides is 2. The van der Waals surface area contributed by atoms with Gasteiger partial charge in [0.05, 0.1) is 6.42 Å². The maximum atomic E-state index is 13.3. The van der Waals surface area contributed by atoms with Crippen molar-refractivity contribution in [1.29, 1.82) is 0 Å². The lowest BCUT2D eigenvalue weighted by Crippen LogP contribution is -2.49. The van der Waals surface area contributed by atoms with Crippen molar-refractivity contribution in [3.8, 4) is 0 Å². The van der Waals surface area contributed by atoms with E-state index < -0.39 is 6.04 Å². The quantitative estimate of drug-likeness (QED) is 0.561. The summed E-state index contributed by atoms with van der Waals surface area (Å²) in [5, 5.41) is 3.63. The van der Waals surface area contributed by atoms with Gasteiger partial charge in [0.25, 0.3) is 0 Å². The zero-order valence-corrected chi connectivity index (χ0v) is 18.3. The van der Waals surface area contributed by atoms with Crippen LogP contribution in [-0.2, 0) is 22.6 Å². The molecule has 1 N–H and O–H groups in total. The molecule has 2 rings (SSSR count). The van der Waals surface area contributed by atoms with Crippen molar-refractivity contribution in [2.75, 3.05) is 6.54 Å². The average molecular weight is 415 g/mol. The Kier molecular flexibility index (Phi) is 9.20. The summed E-state index contributed by atoms with van der Waals surface area (Å²) in [6.45, 7) is 7.11. The Morgan fingerprint density at radius 1 is 1.07 bits per heavy atom. The average Bonchev–Trinajstić information content (AvgIpc) is 2.71. The first kappa shape index (κ1) is 23.0. The van der Waals surface area contributed by atoms with Crippen LogP contribution in [0.25, 0.3) is 0 Å². The third kappa shape index (κ3) is 6.90. The van der Waals surface area contributed by atoms with Crippen LogP contribution in [0.2, 0.25) is 5.02 Å². The molecular formula is C24H31ClN2O2. The van der Waals surface area contributed by atoms with Gasteiger partial charge >= 0.3 is 0 Å². The highest BCUT2D eigenvalue weighted by atomic mass is 35.5. The molecule has 5 heteroatoms. The number of aryl methyl sites for hydroxylation is 1. The minimum Gasteiger partial charge on any atom is -0.354 e. The molecule has 0 saturated heterocycles. The predicted octanol–water partition coefficient (Wildman–Crippen LogP) is 4.91. The normalized spacial score (nSPS) is 11.7. The highest BCUT2D eigenvalue weighted by Crippen LogP contribution is 2.18. The van der Waals surface area contributed by atoms with Crippen LogP contribution < -0.4 is 5.32 Å². The molecule has 1 atom stereocenters. The number of benzene rings is 2. The van der Waals surface area contributed by atoms with Gasteiger partial charge < -0.3 is 10.2 Å². The Bertz CT molecular complexity index is 805. The second-order valence-electron chi connectivity index (χ2n) is 7.32. The van der Waals surface area contributed by atoms with E-state index in [-0.39, 0.29) is 18.2 Å². The van der Waals surface area contributed by atoms with Crippen molar-refractivity contribution < 1.29 is 9.59 Å². The molecule has 2 aromatic carbocycles. The Morgan fingerprint density at radius 3 is 2.38 bits per heavy atom. The molecular weight excluding hydrogens is 384 g/mol. The molecule has 0 bridgehead atoms. The first-order chi connectivity index (χ1) is 14.0. The number of nitrogens with one attached hydrogen (secondary N) is 1. The third-order valence-corrected chi connectivity index (χ3v) is 5.34. The summed E-state index contributed by atoms with van der Waals surface area (Å²) in [6.07, 6.45) is 2.75. The van der Waals surface area contributed by atoms with Gasteiger partial charge in [0.15, 0.2) is 0 Å². The molecule has 29 heavy (non-hydrogen) atoms. The summed E-state index contributed by atoms with van der Waals surface area (Å²) in [5.41, 5.74) is 3.05. The lowest BCUT2D eigenvalue weighted by Gasteiger charge is -2.31. The van der Waals surface area contributed by atoms with Crippen LogP contribution in [0.4, 0.5) is 0 Å². The van der Waals surface area contributed by atoms with Gasteiger partial charge in [0.2, 0.25) is 11.8 Å². The largest absolute Gasteiger partial charge is 0.354 e. The number of carbonyl (C=O) groups is 2. The van der Waals surface area contributed by atoms with Gasteiger partial charge in [-0.15, -0.1) is 0 Å². The minimum absolute atomic E-state index is 0.0620. The van der Waals surface area contributed by atoms with Gasteiger partial charge in [-0.1, -0.05) is 68.3 Å². The van der Waals surface area contributed by atoms with Gasteiger partial charge in [0, 0.05) is 18.1 Å². The number of nitrogens with zero attached hydrogens (tertiary/aromatic N) is 1. The van der Waals surface area contributed by atoms with Crippen molar-refractivity contribution in [2.24, 2.45) is 0 Å². The second-order valence-corrected chi connectivity index (χ2v) is 7.76. The number of hydrogen-bond acceptors (Lipinski definition) is 2. The van der Waals surface area contributed by atoms with Gasteiger partial charge in [0.1, 0.15) is 6.04 Å². The Morgan fingerprint density at radius 2 is 1.76 bits per heavy atom. The maximum Gasteiger partial charge on any atom is 0.242 e. The molecule has 156 valence electrons. The monoisotopic (exact) mass is 414 g/mol. The predicted molar refractivity (Wildman–Crippen MR) is 119 cm³/mol. The first-order valence-corrected chi connectivity index (χ1v) is 10.7. The van der Waals surface area contributed by atoms with E-state index in [9.17, 15) is 9.59 Å². The van der Waals surface area contributed by atoms with Crippen LogP contribution in [0.5, 0.6) is 0 Å². The minimum atomic E-state index is -0.494. The molecule has 0 aliphatic heterocycles. The van der Waals surface area contributed by atoms with E-state index in [0.29, 0.717) is 24.5 Å². The van der Waals surface area contributed by atoms with E-state index in [0.717, 1.165) is 29.5 Å². The Hall–Kier alpha value is -2.33. The van der Waals surface area contributed by atoms with Crippen molar-refractivity contribution in [1.82, 2.24) is 10.2 Å². The SMILES string of the molecule is CCCCNC(=O)[C@H](CC)N(Cc1ccccc1C)C(=O)Cc1ccc(Cl)cc1. The summed E-state index contributed by atoms with van der Waals surface area (Å²) < 4.78 is 0. The number of carbonyl (C=O) groups excluding carboxylic acids is 2. The molecule has 0 aliphatic carbocycles. The molecule has 0 aromatic heterocycles. The zero-order valence-electron chi connectivity index (χ0n) is 17.6. The molecule has 4 nitrogen and oxygen atoms in total. The van der Waals surface area contributed by atoms with Crippen LogP contribution in [0.15, 0.2) is 48.5 Å². The van der Waals surface area contributed by atoms with Crippen LogP contribution >= 0.6 is 11.6 Å². The number of rotatable bonds is 10. The van der Waals surface area contributed by atoms with Crippen molar-refractivity contribution >= 4 is 23.4 Å². The van der Waals surface area contributed by atoms with Gasteiger partial charge in [-0.2, -0.15) is 0 Å². The molecule has 2 aromatic rings. The fraction of sp³-hybridized carbons (Fsp3) is 0.417. The van der Waals surface area contributed by atoms with Crippen molar-refractivity contribution in [3.05, 3.63) is 70.2 Å². The lowest BCUT2D eigenvalue weighted by atomic mass is 10.0. The fourth-order valence-corrected chi connectivity index (χ4v) is 3.40. The highest BCUT2D eigenvalue weighted by Gasteiger charge is 2.28. The van der Waals surface area contributed by atoms with Gasteiger partial charge in [-0.05, 0) is 48.6 Å². The highest BCUT2D eigenvalue weighted by molar-refractivity contribution is 6.30. The van der Waals surface area contributed by atoms with E-state index in [1.807, 2.05) is 50.2 Å². The lowest BCUT2D eigenvalue weighted by molar-refractivity contribution is -0.140. The summed E-state index contributed by atoms with van der Waals surface area (Å²) >= 11 is 5.96. The fourth-order valence-electron chi connectivity index (χ4n) is 3.28. The standard InChI is InChI=1S/C24H31ClN2O2/c1-4-6-15-26-24(29)22(5-2)27(17-20-10-8-7-9-18(20)3)23(28)16-19-11-13-21(25)14-12-19/h7-14,22H,4-6,15-17H2,1-3H3,(H,26,29)/t22-/m0/s1. The summed E-state index contributed by atoms with van der Waals surface area (Å²) in [6, 6.07) is 14.8. The number of unbranched alkanes of at least 4 members (excludes halogenated alkanes) is 1. The summed E-state index contributed by atoms with van der Waals surface area (Å²) in [7, 11) is 0. The van der Waals surface area contributed by atoms with Crippen LogP contribution in [0.1, 0.15) is 49.8 Å². The molecule has 0 aliphatic rings. The summed E-state index contributed by atoms with van der Waals surface area (Å²) in [5.74, 6) is -0.146. The number of hydrogen-bond donors (Lipinski definition) is 1. The van der Waals surface area contributed by atoms with Crippen LogP contribution in [-0.4, -0.2) is 29.3 Å². The first-order valence-electron chi connectivity index (χ1n) is 10.3. The van der Waals surface area contributed by atoms with Gasteiger partial charge in [-0.3, -0.25) is 9.59 Å². The smallest absolute Gasteiger partial charge is 0.242 e. The molecule has 0 spiro atoms. The summed E-state index contributed by atoms with van der Waals surface area (Å²) in [4.78, 5) is 27.8. The Balaban J connectivity index is 2.25. The van der Waals surface area contributed by atoms with E-state index in [1.165, 1.54) is 0 Å². The van der Waals surface area contributed by atoms with E-state index in [1.54, 1.807) is 17.0 Å². The maximum absolute atomic E-state index is 13.3. The molecule has 0 saturated carbocycles. The molecule has 0 fully saturated rings. The molecule has 0 unspecified atom stereocenters. The van der Waals surface area contributed by atoms with E-state index >= 15 is 0 Å². The van der Waals surface area contributed by atoms with Crippen molar-refractivity contribution in [3.63, 3.8) is 0 Å². The van der Waals surface area contributed by atoms with Crippen LogP contribution in [0, 0.1) is 6.92 Å². The zero-order chi connectivity index (χ0) is 21.2. The van der Waals surface area contributed by atoms with E-state index in [2.05, 4.69) is 12.2 Å². The third-order valence-electron chi connectivity index (χ3n) is 5.09. The van der Waals surface area contributed by atoms with Crippen LogP contribution in [0.3, 0.4) is 0 Å². The van der Waals surface area contributed by atoms with Gasteiger partial charge in [-0.25, -0.2) is 0 Å². The van der Waals surface area contributed by atoms with E-state index in [4.69, 9.17) is 11.6 Å². The molecule has 0 heterocycles. The Labute approximate surface area is 179 Å². The van der Waals surface area contributed by atoms with Crippen molar-refractivity contribution in [2.45, 2.75) is 59.0 Å².